The van der Waals surface area contributed by atoms with Gasteiger partial charge in [0.05, 0.1) is 16.6 Å². The zero-order valence-corrected chi connectivity index (χ0v) is 15.4. The molecule has 0 atom stereocenters. The maximum atomic E-state index is 12.7. The number of hydrogen-bond donors (Lipinski definition) is 0. The number of carbonyl (C=O) groups excluding carboxylic acids is 2. The lowest BCUT2D eigenvalue weighted by atomic mass is 10.2. The van der Waals surface area contributed by atoms with E-state index in [-0.39, 0.29) is 24.2 Å². The maximum Gasteiger partial charge on any atom is 0.331 e. The molecule has 0 bridgehead atoms. The van der Waals surface area contributed by atoms with Gasteiger partial charge in [0.25, 0.3) is 5.91 Å². The Hall–Kier alpha value is -2.01. The summed E-state index contributed by atoms with van der Waals surface area (Å²) in [5.41, 5.74) is 1.78. The lowest BCUT2D eigenvalue weighted by Crippen LogP contribution is -2.30. The van der Waals surface area contributed by atoms with Crippen molar-refractivity contribution >= 4 is 52.8 Å². The number of likely N-dealkylation sites (N-methyl/N-ethyl adjacent to an activating group) is 1. The quantitative estimate of drug-likeness (QED) is 0.537. The Kier molecular flexibility index (Phi) is 5.04. The van der Waals surface area contributed by atoms with Crippen LogP contribution in [0.5, 0.6) is 0 Å². The predicted octanol–water partition coefficient (Wildman–Crippen LogP) is 5.08. The van der Waals surface area contributed by atoms with Crippen molar-refractivity contribution < 1.29 is 9.59 Å². The Balaban J connectivity index is 1.88. The molecule has 1 fully saturated rings. The highest BCUT2D eigenvalue weighted by Crippen LogP contribution is 2.27. The van der Waals surface area contributed by atoms with Gasteiger partial charge in [0.15, 0.2) is 0 Å². The molecule has 0 radical (unpaired) electrons. The van der Waals surface area contributed by atoms with Crippen LogP contribution in [-0.2, 0) is 11.3 Å². The predicted molar refractivity (Wildman–Crippen MR) is 99.6 cm³/mol. The van der Waals surface area contributed by atoms with Crippen LogP contribution in [0.1, 0.15) is 11.1 Å². The second-order valence-electron chi connectivity index (χ2n) is 5.56. The number of halogens is 3. The molecule has 1 saturated heterocycles. The number of imide groups is 1. The van der Waals surface area contributed by atoms with Crippen molar-refractivity contribution in [2.45, 2.75) is 6.54 Å². The fourth-order valence-corrected chi connectivity index (χ4v) is 2.92. The summed E-state index contributed by atoms with van der Waals surface area (Å²) in [7, 11) is 1.56. The van der Waals surface area contributed by atoms with E-state index < -0.39 is 0 Å². The van der Waals surface area contributed by atoms with E-state index in [1.54, 1.807) is 55.6 Å². The van der Waals surface area contributed by atoms with Crippen LogP contribution in [0.15, 0.2) is 48.2 Å². The second kappa shape index (κ2) is 7.08. The van der Waals surface area contributed by atoms with E-state index in [0.717, 1.165) is 5.56 Å². The third-order valence-electron chi connectivity index (χ3n) is 3.84. The molecule has 3 amide bonds. The lowest BCUT2D eigenvalue weighted by Gasteiger charge is -2.13. The van der Waals surface area contributed by atoms with Crippen LogP contribution in [0.4, 0.5) is 4.79 Å². The molecule has 1 heterocycles. The molecule has 0 spiro atoms. The molecular formula is C18H13Cl3N2O2. The summed E-state index contributed by atoms with van der Waals surface area (Å²) in [5.74, 6) is -0.367. The number of urea groups is 1. The van der Waals surface area contributed by atoms with Crippen molar-refractivity contribution in [2.75, 3.05) is 7.05 Å². The average Bonchev–Trinajstić information content (AvgIpc) is 2.78. The van der Waals surface area contributed by atoms with Crippen molar-refractivity contribution in [1.29, 1.82) is 0 Å². The fourth-order valence-electron chi connectivity index (χ4n) is 2.48. The normalized spacial score (nSPS) is 16.2. The first kappa shape index (κ1) is 17.8. The number of benzene rings is 2. The van der Waals surface area contributed by atoms with Gasteiger partial charge in [-0.15, -0.1) is 0 Å². The largest absolute Gasteiger partial charge is 0.331 e. The lowest BCUT2D eigenvalue weighted by molar-refractivity contribution is -0.123. The van der Waals surface area contributed by atoms with Gasteiger partial charge in [-0.3, -0.25) is 14.6 Å². The number of hydrogen-bond acceptors (Lipinski definition) is 2. The van der Waals surface area contributed by atoms with Gasteiger partial charge < -0.3 is 0 Å². The first-order chi connectivity index (χ1) is 11.9. The van der Waals surface area contributed by atoms with Gasteiger partial charge in [0.1, 0.15) is 5.70 Å². The van der Waals surface area contributed by atoms with E-state index in [4.69, 9.17) is 34.8 Å². The molecule has 2 aromatic rings. The highest BCUT2D eigenvalue weighted by Gasteiger charge is 2.38. The Morgan fingerprint density at radius 1 is 0.960 bits per heavy atom. The highest BCUT2D eigenvalue weighted by molar-refractivity contribution is 6.42. The first-order valence-corrected chi connectivity index (χ1v) is 8.51. The Morgan fingerprint density at radius 3 is 2.28 bits per heavy atom. The third-order valence-corrected chi connectivity index (χ3v) is 4.84. The minimum absolute atomic E-state index is 0.178. The number of carbonyl (C=O) groups is 2. The molecule has 7 heteroatoms. The summed E-state index contributed by atoms with van der Waals surface area (Å²) in [6, 6.07) is 11.6. The molecule has 2 aromatic carbocycles. The molecule has 3 rings (SSSR count). The smallest absolute Gasteiger partial charge is 0.292 e. The van der Waals surface area contributed by atoms with E-state index in [1.807, 2.05) is 0 Å². The van der Waals surface area contributed by atoms with Gasteiger partial charge in [-0.2, -0.15) is 0 Å². The minimum Gasteiger partial charge on any atom is -0.292 e. The van der Waals surface area contributed by atoms with Crippen molar-refractivity contribution in [2.24, 2.45) is 0 Å². The van der Waals surface area contributed by atoms with Gasteiger partial charge in [-0.25, -0.2) is 4.79 Å². The van der Waals surface area contributed by atoms with Crippen molar-refractivity contribution in [3.63, 3.8) is 0 Å². The number of nitrogens with zero attached hydrogens (tertiary/aromatic N) is 2. The minimum atomic E-state index is -0.383. The summed E-state index contributed by atoms with van der Waals surface area (Å²) in [4.78, 5) is 27.6. The number of amides is 3. The zero-order chi connectivity index (χ0) is 18.1. The van der Waals surface area contributed by atoms with Crippen molar-refractivity contribution in [3.05, 3.63) is 74.4 Å². The topological polar surface area (TPSA) is 40.6 Å². The van der Waals surface area contributed by atoms with Crippen LogP contribution in [0, 0.1) is 0 Å². The highest BCUT2D eigenvalue weighted by atomic mass is 35.5. The standard InChI is InChI=1S/C18H13Cl3N2O2/c1-22-16(9-12-4-7-14(20)15(21)8-12)17(24)23(18(22)25)10-11-2-5-13(19)6-3-11/h2-9H,10H2,1H3/b16-9+. The molecule has 1 aliphatic heterocycles. The van der Waals surface area contributed by atoms with Crippen LogP contribution in [0.25, 0.3) is 6.08 Å². The summed E-state index contributed by atoms with van der Waals surface area (Å²) >= 11 is 17.8. The molecule has 0 saturated carbocycles. The molecule has 0 unspecified atom stereocenters. The van der Waals surface area contributed by atoms with Crippen LogP contribution in [0.2, 0.25) is 15.1 Å². The van der Waals surface area contributed by atoms with Crippen molar-refractivity contribution in [1.82, 2.24) is 9.80 Å². The van der Waals surface area contributed by atoms with E-state index in [9.17, 15) is 9.59 Å². The molecule has 0 N–H and O–H groups in total. The molecule has 0 aromatic heterocycles. The van der Waals surface area contributed by atoms with E-state index in [2.05, 4.69) is 0 Å². The van der Waals surface area contributed by atoms with Gasteiger partial charge in [0, 0.05) is 12.1 Å². The molecule has 1 aliphatic rings. The third kappa shape index (κ3) is 3.66. The van der Waals surface area contributed by atoms with Gasteiger partial charge in [0.2, 0.25) is 0 Å². The SMILES string of the molecule is CN1C(=O)N(Cc2ccc(Cl)cc2)C(=O)/C1=C\c1ccc(Cl)c(Cl)c1. The molecular weight excluding hydrogens is 383 g/mol. The first-order valence-electron chi connectivity index (χ1n) is 7.37. The summed E-state index contributed by atoms with van der Waals surface area (Å²) in [5, 5.41) is 1.41. The van der Waals surface area contributed by atoms with Crippen molar-refractivity contribution in [3.8, 4) is 0 Å². The summed E-state index contributed by atoms with van der Waals surface area (Å²) in [6.45, 7) is 0.178. The molecule has 128 valence electrons. The van der Waals surface area contributed by atoms with Crippen LogP contribution >= 0.6 is 34.8 Å². The Morgan fingerprint density at radius 2 is 1.64 bits per heavy atom. The Labute approximate surface area is 160 Å². The van der Waals surface area contributed by atoms with E-state index in [0.29, 0.717) is 20.6 Å². The zero-order valence-electron chi connectivity index (χ0n) is 13.2. The fraction of sp³-hybridized carbons (Fsp3) is 0.111. The van der Waals surface area contributed by atoms with Crippen LogP contribution in [-0.4, -0.2) is 28.8 Å². The summed E-state index contributed by atoms with van der Waals surface area (Å²) < 4.78 is 0. The molecule has 4 nitrogen and oxygen atoms in total. The van der Waals surface area contributed by atoms with Gasteiger partial charge in [-0.05, 0) is 41.5 Å². The van der Waals surface area contributed by atoms with E-state index in [1.165, 1.54) is 9.80 Å². The molecule has 25 heavy (non-hydrogen) atoms. The van der Waals surface area contributed by atoms with Gasteiger partial charge in [-0.1, -0.05) is 53.0 Å². The monoisotopic (exact) mass is 394 g/mol. The van der Waals surface area contributed by atoms with Crippen LogP contribution < -0.4 is 0 Å². The maximum absolute atomic E-state index is 12.7. The summed E-state index contributed by atoms with van der Waals surface area (Å²) in [6.07, 6.45) is 1.62. The van der Waals surface area contributed by atoms with Crippen LogP contribution in [0.3, 0.4) is 0 Å². The Bertz CT molecular complexity index is 878. The second-order valence-corrected chi connectivity index (χ2v) is 6.81. The average molecular weight is 396 g/mol. The van der Waals surface area contributed by atoms with Gasteiger partial charge >= 0.3 is 6.03 Å². The molecule has 0 aliphatic carbocycles. The number of rotatable bonds is 3. The van der Waals surface area contributed by atoms with E-state index >= 15 is 0 Å².